The Labute approximate surface area is 240 Å². The van der Waals surface area contributed by atoms with Crippen LogP contribution in [-0.4, -0.2) is 28.9 Å². The fourth-order valence-electron chi connectivity index (χ4n) is 7.14. The maximum Gasteiger partial charge on any atom is 0.293 e. The molecule has 4 aromatic carbocycles. The van der Waals surface area contributed by atoms with Gasteiger partial charge in [-0.25, -0.2) is 10.3 Å². The number of amides is 3. The predicted molar refractivity (Wildman–Crippen MR) is 155 cm³/mol. The Morgan fingerprint density at radius 3 is 2.21 bits per heavy atom. The van der Waals surface area contributed by atoms with E-state index in [1.165, 1.54) is 18.2 Å². The van der Waals surface area contributed by atoms with Crippen LogP contribution in [0.4, 0.5) is 11.4 Å². The normalized spacial score (nSPS) is 23.5. The zero-order chi connectivity index (χ0) is 29.2. The third-order valence-electron chi connectivity index (χ3n) is 8.72. The smallest absolute Gasteiger partial charge is 0.274 e. The molecule has 4 aromatic rings. The number of para-hydroxylation sites is 2. The number of carbonyl (C=O) groups is 3. The van der Waals surface area contributed by atoms with Crippen LogP contribution in [0.1, 0.15) is 44.1 Å². The van der Waals surface area contributed by atoms with E-state index in [0.717, 1.165) is 32.7 Å². The highest BCUT2D eigenvalue weighted by Gasteiger charge is 2.68. The number of rotatable bonds is 5. The molecule has 8 rings (SSSR count). The lowest BCUT2D eigenvalue weighted by molar-refractivity contribution is -0.384. The third-order valence-corrected chi connectivity index (χ3v) is 8.72. The molecular weight excluding hydrogens is 532 g/mol. The van der Waals surface area contributed by atoms with E-state index in [2.05, 4.69) is 10.5 Å². The van der Waals surface area contributed by atoms with Crippen molar-refractivity contribution in [1.82, 2.24) is 5.43 Å². The van der Waals surface area contributed by atoms with Crippen LogP contribution in [-0.2, 0) is 15.0 Å². The highest BCUT2D eigenvalue weighted by Crippen LogP contribution is 2.63. The van der Waals surface area contributed by atoms with Crippen molar-refractivity contribution in [1.29, 1.82) is 0 Å². The topological polar surface area (TPSA) is 122 Å². The molecule has 1 aliphatic heterocycles. The monoisotopic (exact) mass is 556 g/mol. The van der Waals surface area contributed by atoms with E-state index in [-0.39, 0.29) is 11.4 Å². The van der Waals surface area contributed by atoms with Gasteiger partial charge in [-0.05, 0) is 47.4 Å². The minimum absolute atomic E-state index is 0.0562. The van der Waals surface area contributed by atoms with Crippen LogP contribution in [0, 0.1) is 28.9 Å². The minimum Gasteiger partial charge on any atom is -0.274 e. The molecule has 2 atom stereocenters. The Hall–Kier alpha value is -5.44. The molecule has 0 spiro atoms. The number of carbonyl (C=O) groups excluding carboxylic acids is 3. The van der Waals surface area contributed by atoms with E-state index in [1.54, 1.807) is 30.5 Å². The Bertz CT molecular complexity index is 1820. The van der Waals surface area contributed by atoms with Gasteiger partial charge in [0.05, 0.1) is 22.2 Å². The van der Waals surface area contributed by atoms with Gasteiger partial charge in [0.15, 0.2) is 0 Å². The van der Waals surface area contributed by atoms with Gasteiger partial charge in [0.1, 0.15) is 5.69 Å². The number of hydrogen-bond donors (Lipinski definition) is 1. The Morgan fingerprint density at radius 2 is 1.55 bits per heavy atom. The first-order chi connectivity index (χ1) is 20.3. The molecule has 9 nitrogen and oxygen atoms in total. The summed E-state index contributed by atoms with van der Waals surface area (Å²) in [5, 5.41) is 16.3. The summed E-state index contributed by atoms with van der Waals surface area (Å²) in [5.74, 6) is -3.62. The van der Waals surface area contributed by atoms with Crippen molar-refractivity contribution in [3.63, 3.8) is 0 Å². The molecule has 0 radical (unpaired) electrons. The van der Waals surface area contributed by atoms with E-state index in [9.17, 15) is 24.5 Å². The molecule has 0 saturated carbocycles. The van der Waals surface area contributed by atoms with Crippen molar-refractivity contribution in [3.05, 3.63) is 141 Å². The summed E-state index contributed by atoms with van der Waals surface area (Å²) in [5.41, 5.74) is 5.79. The summed E-state index contributed by atoms with van der Waals surface area (Å²) in [6.07, 6.45) is 1.57. The fourth-order valence-corrected chi connectivity index (χ4v) is 7.14. The zero-order valence-corrected chi connectivity index (χ0v) is 22.4. The number of hydrazone groups is 1. The van der Waals surface area contributed by atoms with Crippen LogP contribution in [0.25, 0.3) is 0 Å². The van der Waals surface area contributed by atoms with Crippen molar-refractivity contribution < 1.29 is 19.3 Å². The van der Waals surface area contributed by atoms with E-state index >= 15 is 0 Å². The number of nitro groups is 1. The lowest BCUT2D eigenvalue weighted by atomic mass is 9.47. The molecule has 9 heteroatoms. The standard InChI is InChI=1S/C33H24N4O5/c1-19-9-8-10-20(17-19)30(38)35-34-18-33-23-13-4-2-11-21(23)27(22-12-3-5-14-24(22)33)28-29(33)32(40)36(31(28)39)25-15-6-7-16-26(25)37(41)42/h2-18,27-29H,1H3,(H,35,38)/b34-18+/t27?,28-,29-,33?/m0/s1. The molecular formula is C33H24N4O5. The molecule has 3 aliphatic carbocycles. The first kappa shape index (κ1) is 25.5. The van der Waals surface area contributed by atoms with Crippen LogP contribution in [0.15, 0.2) is 102 Å². The molecule has 206 valence electrons. The SMILES string of the molecule is Cc1cccc(C(=O)N/N=C/C23c4ccccc4C(c4ccccc42)[C@@H]2C(=O)N(c4ccccc4[N+](=O)[O-])C(=O)[C@H]23)c1. The molecule has 42 heavy (non-hydrogen) atoms. The van der Waals surface area contributed by atoms with Gasteiger partial charge in [-0.15, -0.1) is 0 Å². The molecule has 1 heterocycles. The number of imide groups is 1. The van der Waals surface area contributed by atoms with Crippen molar-refractivity contribution in [2.45, 2.75) is 18.3 Å². The van der Waals surface area contributed by atoms with Gasteiger partial charge in [0.2, 0.25) is 11.8 Å². The van der Waals surface area contributed by atoms with E-state index in [0.29, 0.717) is 5.56 Å². The third kappa shape index (κ3) is 3.43. The first-order valence-corrected chi connectivity index (χ1v) is 13.6. The van der Waals surface area contributed by atoms with Crippen LogP contribution >= 0.6 is 0 Å². The van der Waals surface area contributed by atoms with Gasteiger partial charge in [-0.1, -0.05) is 78.4 Å². The number of benzene rings is 4. The number of nitro benzene ring substituents is 1. The summed E-state index contributed by atoms with van der Waals surface area (Å²) < 4.78 is 0. The second kappa shape index (κ2) is 9.31. The molecule has 2 bridgehead atoms. The maximum absolute atomic E-state index is 14.4. The molecule has 0 aromatic heterocycles. The molecule has 1 saturated heterocycles. The van der Waals surface area contributed by atoms with Crippen molar-refractivity contribution in [2.24, 2.45) is 16.9 Å². The number of nitrogens with one attached hydrogen (secondary N) is 1. The average Bonchev–Trinajstić information content (AvgIpc) is 3.27. The van der Waals surface area contributed by atoms with Gasteiger partial charge in [-0.2, -0.15) is 5.10 Å². The van der Waals surface area contributed by atoms with E-state index in [4.69, 9.17) is 0 Å². The van der Waals surface area contributed by atoms with Crippen molar-refractivity contribution in [2.75, 3.05) is 4.90 Å². The first-order valence-electron chi connectivity index (χ1n) is 13.6. The lowest BCUT2D eigenvalue weighted by Crippen LogP contribution is -2.54. The number of anilines is 1. The predicted octanol–water partition coefficient (Wildman–Crippen LogP) is 4.87. The second-order valence-corrected chi connectivity index (χ2v) is 10.9. The Kier molecular flexibility index (Phi) is 5.65. The summed E-state index contributed by atoms with van der Waals surface area (Å²) >= 11 is 0. The number of hydrogen-bond acceptors (Lipinski definition) is 6. The lowest BCUT2D eigenvalue weighted by Gasteiger charge is -2.52. The van der Waals surface area contributed by atoms with Crippen molar-refractivity contribution >= 4 is 35.3 Å². The van der Waals surface area contributed by atoms with Gasteiger partial charge >= 0.3 is 0 Å². The van der Waals surface area contributed by atoms with Crippen LogP contribution in [0.3, 0.4) is 0 Å². The Balaban J connectivity index is 1.41. The zero-order valence-electron chi connectivity index (χ0n) is 22.4. The molecule has 1 N–H and O–H groups in total. The molecule has 3 amide bonds. The molecule has 0 unspecified atom stereocenters. The Morgan fingerprint density at radius 1 is 0.905 bits per heavy atom. The quantitative estimate of drug-likeness (QED) is 0.163. The summed E-state index contributed by atoms with van der Waals surface area (Å²) in [6.45, 7) is 1.89. The average molecular weight is 557 g/mol. The number of nitrogens with zero attached hydrogens (tertiary/aromatic N) is 3. The summed E-state index contributed by atoms with van der Waals surface area (Å²) in [7, 11) is 0. The van der Waals surface area contributed by atoms with Gasteiger partial charge in [0.25, 0.3) is 11.6 Å². The van der Waals surface area contributed by atoms with Crippen LogP contribution in [0.5, 0.6) is 0 Å². The summed E-state index contributed by atoms with van der Waals surface area (Å²) in [4.78, 5) is 54.0. The van der Waals surface area contributed by atoms with Crippen LogP contribution < -0.4 is 10.3 Å². The van der Waals surface area contributed by atoms with E-state index < -0.39 is 45.8 Å². The summed E-state index contributed by atoms with van der Waals surface area (Å²) in [6, 6.07) is 28.2. The maximum atomic E-state index is 14.4. The highest BCUT2D eigenvalue weighted by atomic mass is 16.6. The van der Waals surface area contributed by atoms with Gasteiger partial charge in [0, 0.05) is 23.8 Å². The fraction of sp³-hybridized carbons (Fsp3) is 0.152. The highest BCUT2D eigenvalue weighted by molar-refractivity contribution is 6.25. The number of aryl methyl sites for hydroxylation is 1. The van der Waals surface area contributed by atoms with Crippen LogP contribution in [0.2, 0.25) is 0 Å². The van der Waals surface area contributed by atoms with Gasteiger partial charge in [-0.3, -0.25) is 24.5 Å². The largest absolute Gasteiger partial charge is 0.293 e. The molecule has 4 aliphatic rings. The second-order valence-electron chi connectivity index (χ2n) is 10.9. The molecule has 1 fully saturated rings. The minimum atomic E-state index is -1.21. The van der Waals surface area contributed by atoms with Gasteiger partial charge < -0.3 is 0 Å². The van der Waals surface area contributed by atoms with E-state index in [1.807, 2.05) is 61.5 Å². The van der Waals surface area contributed by atoms with Crippen molar-refractivity contribution in [3.8, 4) is 0 Å².